The van der Waals surface area contributed by atoms with E-state index in [4.69, 9.17) is 10.5 Å². The highest BCUT2D eigenvalue weighted by atomic mass is 16.5. The lowest BCUT2D eigenvalue weighted by atomic mass is 9.95. The molecule has 4 heteroatoms. The average molecular weight is 290 g/mol. The lowest BCUT2D eigenvalue weighted by molar-refractivity contribution is 0.0897. The van der Waals surface area contributed by atoms with Gasteiger partial charge in [-0.15, -0.1) is 0 Å². The Labute approximate surface area is 127 Å². The van der Waals surface area contributed by atoms with Crippen molar-refractivity contribution in [1.82, 2.24) is 5.32 Å². The van der Waals surface area contributed by atoms with E-state index in [1.807, 2.05) is 19.1 Å². The van der Waals surface area contributed by atoms with Gasteiger partial charge in [0.15, 0.2) is 0 Å². The number of rotatable bonds is 7. The van der Waals surface area contributed by atoms with Crippen LogP contribution < -0.4 is 15.8 Å². The van der Waals surface area contributed by atoms with Crippen LogP contribution in [0.3, 0.4) is 0 Å². The molecule has 0 saturated heterocycles. The van der Waals surface area contributed by atoms with E-state index in [-0.39, 0.29) is 11.4 Å². The predicted molar refractivity (Wildman–Crippen MR) is 84.4 cm³/mol. The third-order valence-corrected chi connectivity index (χ3v) is 3.98. The molecule has 1 aliphatic rings. The molecule has 3 N–H and O–H groups in total. The SMILES string of the molecule is CC(C)COc1cccc(C(=O)NC(C)(CN)C2CC2)c1. The van der Waals surface area contributed by atoms with Crippen LogP contribution in [0.2, 0.25) is 0 Å². The number of carbonyl (C=O) groups is 1. The van der Waals surface area contributed by atoms with Crippen molar-refractivity contribution in [2.75, 3.05) is 13.2 Å². The summed E-state index contributed by atoms with van der Waals surface area (Å²) in [5.41, 5.74) is 6.17. The molecule has 0 aromatic heterocycles. The zero-order chi connectivity index (χ0) is 15.5. The van der Waals surface area contributed by atoms with Gasteiger partial charge in [0, 0.05) is 12.1 Å². The summed E-state index contributed by atoms with van der Waals surface area (Å²) in [6, 6.07) is 7.33. The number of nitrogens with one attached hydrogen (secondary N) is 1. The molecule has 1 aromatic rings. The molecule has 1 aliphatic carbocycles. The van der Waals surface area contributed by atoms with Gasteiger partial charge in [0.2, 0.25) is 0 Å². The highest BCUT2D eigenvalue weighted by Gasteiger charge is 2.41. The topological polar surface area (TPSA) is 64.3 Å². The van der Waals surface area contributed by atoms with E-state index in [0.29, 0.717) is 30.6 Å². The lowest BCUT2D eigenvalue weighted by Crippen LogP contribution is -2.53. The highest BCUT2D eigenvalue weighted by molar-refractivity contribution is 5.95. The average Bonchev–Trinajstić information content (AvgIpc) is 3.30. The van der Waals surface area contributed by atoms with Gasteiger partial charge in [-0.25, -0.2) is 0 Å². The summed E-state index contributed by atoms with van der Waals surface area (Å²) in [7, 11) is 0. The zero-order valence-corrected chi connectivity index (χ0v) is 13.2. The van der Waals surface area contributed by atoms with Gasteiger partial charge in [-0.05, 0) is 49.8 Å². The zero-order valence-electron chi connectivity index (χ0n) is 13.2. The third-order valence-electron chi connectivity index (χ3n) is 3.98. The smallest absolute Gasteiger partial charge is 0.251 e. The van der Waals surface area contributed by atoms with Crippen molar-refractivity contribution in [3.05, 3.63) is 29.8 Å². The number of amides is 1. The number of hydrogen-bond donors (Lipinski definition) is 2. The Morgan fingerprint density at radius 1 is 1.48 bits per heavy atom. The second-order valence-corrected chi connectivity index (χ2v) is 6.58. The fourth-order valence-electron chi connectivity index (χ4n) is 2.36. The maximum Gasteiger partial charge on any atom is 0.251 e. The van der Waals surface area contributed by atoms with Crippen molar-refractivity contribution < 1.29 is 9.53 Å². The summed E-state index contributed by atoms with van der Waals surface area (Å²) in [6.45, 7) is 7.33. The number of carbonyl (C=O) groups excluding carboxylic acids is 1. The molecule has 0 bridgehead atoms. The van der Waals surface area contributed by atoms with Crippen LogP contribution >= 0.6 is 0 Å². The minimum absolute atomic E-state index is 0.0788. The Hall–Kier alpha value is -1.55. The van der Waals surface area contributed by atoms with E-state index in [0.717, 1.165) is 18.6 Å². The van der Waals surface area contributed by atoms with E-state index < -0.39 is 0 Å². The Balaban J connectivity index is 2.03. The first-order chi connectivity index (χ1) is 9.94. The van der Waals surface area contributed by atoms with Gasteiger partial charge in [-0.2, -0.15) is 0 Å². The van der Waals surface area contributed by atoms with Gasteiger partial charge in [0.1, 0.15) is 5.75 Å². The van der Waals surface area contributed by atoms with Crippen molar-refractivity contribution in [2.24, 2.45) is 17.6 Å². The fourth-order valence-corrected chi connectivity index (χ4v) is 2.36. The minimum Gasteiger partial charge on any atom is -0.493 e. The minimum atomic E-state index is -0.300. The molecule has 2 rings (SSSR count). The largest absolute Gasteiger partial charge is 0.493 e. The molecule has 21 heavy (non-hydrogen) atoms. The van der Waals surface area contributed by atoms with E-state index >= 15 is 0 Å². The molecule has 116 valence electrons. The summed E-state index contributed by atoms with van der Waals surface area (Å²) in [4.78, 5) is 12.4. The molecule has 1 atom stereocenters. The van der Waals surface area contributed by atoms with Gasteiger partial charge in [0.05, 0.1) is 12.1 Å². The first kappa shape index (κ1) is 15.8. The number of nitrogens with two attached hydrogens (primary N) is 1. The Morgan fingerprint density at radius 3 is 2.76 bits per heavy atom. The molecule has 1 unspecified atom stereocenters. The Morgan fingerprint density at radius 2 is 2.19 bits per heavy atom. The maximum absolute atomic E-state index is 12.4. The first-order valence-corrected chi connectivity index (χ1v) is 7.70. The van der Waals surface area contributed by atoms with Crippen LogP contribution in [0, 0.1) is 11.8 Å². The summed E-state index contributed by atoms with van der Waals surface area (Å²) >= 11 is 0. The second kappa shape index (κ2) is 6.48. The van der Waals surface area contributed by atoms with Gasteiger partial charge in [-0.1, -0.05) is 19.9 Å². The van der Waals surface area contributed by atoms with E-state index in [2.05, 4.69) is 19.2 Å². The molecule has 0 heterocycles. The third kappa shape index (κ3) is 4.21. The van der Waals surface area contributed by atoms with Gasteiger partial charge < -0.3 is 15.8 Å². The summed E-state index contributed by atoms with van der Waals surface area (Å²) in [5.74, 6) is 1.62. The van der Waals surface area contributed by atoms with Crippen LogP contribution in [0.15, 0.2) is 24.3 Å². The van der Waals surface area contributed by atoms with Crippen molar-refractivity contribution in [3.63, 3.8) is 0 Å². The molecular formula is C17H26N2O2. The number of hydrogen-bond acceptors (Lipinski definition) is 3. The fraction of sp³-hybridized carbons (Fsp3) is 0.588. The van der Waals surface area contributed by atoms with Crippen LogP contribution in [-0.2, 0) is 0 Å². The van der Waals surface area contributed by atoms with E-state index in [1.54, 1.807) is 12.1 Å². The van der Waals surface area contributed by atoms with E-state index in [1.165, 1.54) is 0 Å². The van der Waals surface area contributed by atoms with Crippen LogP contribution in [0.1, 0.15) is 44.0 Å². The number of benzene rings is 1. The van der Waals surface area contributed by atoms with Gasteiger partial charge >= 0.3 is 0 Å². The quantitative estimate of drug-likeness (QED) is 0.811. The summed E-state index contributed by atoms with van der Waals surface area (Å²) in [5, 5.41) is 3.09. The maximum atomic E-state index is 12.4. The monoisotopic (exact) mass is 290 g/mol. The van der Waals surface area contributed by atoms with Crippen molar-refractivity contribution in [1.29, 1.82) is 0 Å². The molecular weight excluding hydrogens is 264 g/mol. The molecule has 4 nitrogen and oxygen atoms in total. The van der Waals surface area contributed by atoms with Gasteiger partial charge in [-0.3, -0.25) is 4.79 Å². The molecule has 0 aliphatic heterocycles. The van der Waals surface area contributed by atoms with Crippen molar-refractivity contribution in [2.45, 2.75) is 39.2 Å². The molecule has 0 spiro atoms. The van der Waals surface area contributed by atoms with Crippen LogP contribution in [0.4, 0.5) is 0 Å². The van der Waals surface area contributed by atoms with Gasteiger partial charge in [0.25, 0.3) is 5.91 Å². The van der Waals surface area contributed by atoms with E-state index in [9.17, 15) is 4.79 Å². The second-order valence-electron chi connectivity index (χ2n) is 6.58. The predicted octanol–water partition coefficient (Wildman–Crippen LogP) is 2.58. The molecule has 1 saturated carbocycles. The summed E-state index contributed by atoms with van der Waals surface area (Å²) in [6.07, 6.45) is 2.29. The molecule has 1 fully saturated rings. The standard InChI is InChI=1S/C17H26N2O2/c1-12(2)10-21-15-6-4-5-13(9-15)16(20)19-17(3,11-18)14-7-8-14/h4-6,9,12,14H,7-8,10-11,18H2,1-3H3,(H,19,20). The lowest BCUT2D eigenvalue weighted by Gasteiger charge is -2.29. The van der Waals surface area contributed by atoms with Crippen molar-refractivity contribution in [3.8, 4) is 5.75 Å². The first-order valence-electron chi connectivity index (χ1n) is 7.70. The highest BCUT2D eigenvalue weighted by Crippen LogP contribution is 2.39. The molecule has 0 radical (unpaired) electrons. The summed E-state index contributed by atoms with van der Waals surface area (Å²) < 4.78 is 5.67. The molecule has 1 amide bonds. The number of ether oxygens (including phenoxy) is 1. The van der Waals surface area contributed by atoms with Crippen LogP contribution in [0.5, 0.6) is 5.75 Å². The van der Waals surface area contributed by atoms with Crippen LogP contribution in [0.25, 0.3) is 0 Å². The molecule has 1 aromatic carbocycles. The Kier molecular flexibility index (Phi) is 4.88. The Bertz CT molecular complexity index is 497. The normalized spacial score (nSPS) is 17.4. The van der Waals surface area contributed by atoms with Crippen LogP contribution in [-0.4, -0.2) is 24.6 Å². The van der Waals surface area contributed by atoms with Crippen molar-refractivity contribution >= 4 is 5.91 Å².